The standard InChI is InChI=1S/C23H23N5O2S2/c1-2-19-18-8-12-31-20(18)7-10-27(19)21(29)15-32-23-26-25-22(16-5-3-9-24-13-16)28(23)14-17-6-4-11-30-17/h3-6,8-9,11-13,19H,2,7,10,14-15H2,1H3. The van der Waals surface area contributed by atoms with Crippen LogP contribution in [0.1, 0.15) is 35.6 Å². The molecule has 0 spiro atoms. The number of aromatic nitrogens is 4. The molecule has 1 aliphatic heterocycles. The smallest absolute Gasteiger partial charge is 0.233 e. The monoisotopic (exact) mass is 465 g/mol. The highest BCUT2D eigenvalue weighted by Crippen LogP contribution is 2.36. The molecule has 1 atom stereocenters. The Hall–Kier alpha value is -2.91. The summed E-state index contributed by atoms with van der Waals surface area (Å²) in [6.45, 7) is 3.40. The zero-order chi connectivity index (χ0) is 21.9. The minimum atomic E-state index is 0.133. The molecule has 0 N–H and O–H groups in total. The van der Waals surface area contributed by atoms with E-state index in [-0.39, 0.29) is 11.9 Å². The van der Waals surface area contributed by atoms with Crippen LogP contribution in [0.5, 0.6) is 0 Å². The van der Waals surface area contributed by atoms with Crippen LogP contribution in [0.15, 0.2) is 63.9 Å². The van der Waals surface area contributed by atoms with Gasteiger partial charge >= 0.3 is 0 Å². The van der Waals surface area contributed by atoms with E-state index in [1.165, 1.54) is 22.2 Å². The third kappa shape index (κ3) is 4.10. The zero-order valence-electron chi connectivity index (χ0n) is 17.7. The molecule has 32 heavy (non-hydrogen) atoms. The Morgan fingerprint density at radius 1 is 1.28 bits per heavy atom. The number of furan rings is 1. The zero-order valence-corrected chi connectivity index (χ0v) is 19.3. The van der Waals surface area contributed by atoms with E-state index in [9.17, 15) is 4.79 Å². The predicted octanol–water partition coefficient (Wildman–Crippen LogP) is 4.67. The fourth-order valence-electron chi connectivity index (χ4n) is 4.15. The number of thioether (sulfide) groups is 1. The first-order chi connectivity index (χ1) is 15.7. The minimum absolute atomic E-state index is 0.133. The van der Waals surface area contributed by atoms with Crippen LogP contribution < -0.4 is 0 Å². The molecule has 0 aromatic carbocycles. The number of nitrogens with zero attached hydrogens (tertiary/aromatic N) is 5. The van der Waals surface area contributed by atoms with Gasteiger partial charge in [-0.2, -0.15) is 0 Å². The van der Waals surface area contributed by atoms with Gasteiger partial charge in [0.25, 0.3) is 0 Å². The molecule has 1 amide bonds. The highest BCUT2D eigenvalue weighted by atomic mass is 32.2. The first-order valence-corrected chi connectivity index (χ1v) is 12.5. The molecule has 0 saturated carbocycles. The van der Waals surface area contributed by atoms with Crippen molar-refractivity contribution in [2.45, 2.75) is 37.5 Å². The van der Waals surface area contributed by atoms with Crippen molar-refractivity contribution in [1.82, 2.24) is 24.6 Å². The summed E-state index contributed by atoms with van der Waals surface area (Å²) in [6, 6.07) is 9.93. The second-order valence-electron chi connectivity index (χ2n) is 7.56. The maximum atomic E-state index is 13.2. The molecule has 5 rings (SSSR count). The molecule has 1 aliphatic rings. The second kappa shape index (κ2) is 9.30. The Bertz CT molecular complexity index is 1190. The SMILES string of the molecule is CCC1c2ccsc2CCN1C(=O)CSc1nnc(-c2cccnc2)n1Cc1ccco1. The molecule has 7 nitrogen and oxygen atoms in total. The second-order valence-corrected chi connectivity index (χ2v) is 9.51. The summed E-state index contributed by atoms with van der Waals surface area (Å²) in [4.78, 5) is 20.8. The van der Waals surface area contributed by atoms with Crippen molar-refractivity contribution < 1.29 is 9.21 Å². The number of carbonyl (C=O) groups is 1. The topological polar surface area (TPSA) is 77.1 Å². The number of hydrogen-bond acceptors (Lipinski definition) is 7. The number of amides is 1. The molecule has 5 heterocycles. The quantitative estimate of drug-likeness (QED) is 0.369. The number of thiophene rings is 1. The average Bonchev–Trinajstić information content (AvgIpc) is 3.59. The van der Waals surface area contributed by atoms with Crippen molar-refractivity contribution >= 4 is 29.0 Å². The van der Waals surface area contributed by atoms with E-state index in [4.69, 9.17) is 4.42 Å². The summed E-state index contributed by atoms with van der Waals surface area (Å²) >= 11 is 3.21. The summed E-state index contributed by atoms with van der Waals surface area (Å²) < 4.78 is 7.54. The molecule has 4 aromatic rings. The molecule has 0 fully saturated rings. The number of rotatable bonds is 7. The molecule has 1 unspecified atom stereocenters. The number of carbonyl (C=O) groups excluding carboxylic acids is 1. The number of hydrogen-bond donors (Lipinski definition) is 0. The normalized spacial score (nSPS) is 15.7. The fourth-order valence-corrected chi connectivity index (χ4v) is 5.90. The minimum Gasteiger partial charge on any atom is -0.467 e. The van der Waals surface area contributed by atoms with Gasteiger partial charge in [-0.15, -0.1) is 21.5 Å². The van der Waals surface area contributed by atoms with Crippen molar-refractivity contribution in [2.75, 3.05) is 12.3 Å². The summed E-state index contributed by atoms with van der Waals surface area (Å²) in [5, 5.41) is 11.6. The van der Waals surface area contributed by atoms with Gasteiger partial charge in [-0.25, -0.2) is 0 Å². The van der Waals surface area contributed by atoms with Crippen molar-refractivity contribution in [3.63, 3.8) is 0 Å². The Labute approximate surface area is 194 Å². The van der Waals surface area contributed by atoms with Gasteiger partial charge in [-0.05, 0) is 54.1 Å². The Kier molecular flexibility index (Phi) is 6.09. The molecule has 164 valence electrons. The Morgan fingerprint density at radius 2 is 2.22 bits per heavy atom. The van der Waals surface area contributed by atoms with Crippen LogP contribution in [0.4, 0.5) is 0 Å². The number of fused-ring (bicyclic) bond motifs is 1. The van der Waals surface area contributed by atoms with E-state index >= 15 is 0 Å². The molecule has 4 aromatic heterocycles. The third-order valence-corrected chi connectivity index (χ3v) is 7.61. The lowest BCUT2D eigenvalue weighted by Gasteiger charge is -2.35. The van der Waals surface area contributed by atoms with E-state index in [1.54, 1.807) is 30.0 Å². The van der Waals surface area contributed by atoms with Crippen LogP contribution in [0.25, 0.3) is 11.4 Å². The summed E-state index contributed by atoms with van der Waals surface area (Å²) in [5.74, 6) is 1.96. The van der Waals surface area contributed by atoms with Gasteiger partial charge in [-0.3, -0.25) is 14.3 Å². The average molecular weight is 466 g/mol. The van der Waals surface area contributed by atoms with Crippen molar-refractivity contribution in [2.24, 2.45) is 0 Å². The lowest BCUT2D eigenvalue weighted by atomic mass is 9.98. The van der Waals surface area contributed by atoms with Crippen LogP contribution in [0, 0.1) is 0 Å². The third-order valence-electron chi connectivity index (χ3n) is 5.66. The van der Waals surface area contributed by atoms with Gasteiger partial charge in [0.05, 0.1) is 24.6 Å². The van der Waals surface area contributed by atoms with Crippen LogP contribution in [-0.2, 0) is 17.8 Å². The molecular formula is C23H23N5O2S2. The van der Waals surface area contributed by atoms with Crippen LogP contribution in [-0.4, -0.2) is 42.9 Å². The highest BCUT2D eigenvalue weighted by Gasteiger charge is 2.30. The number of pyridine rings is 1. The van der Waals surface area contributed by atoms with Gasteiger partial charge in [0.2, 0.25) is 5.91 Å². The summed E-state index contributed by atoms with van der Waals surface area (Å²) in [6.07, 6.45) is 6.99. The first-order valence-electron chi connectivity index (χ1n) is 10.6. The van der Waals surface area contributed by atoms with E-state index in [1.807, 2.05) is 33.7 Å². The van der Waals surface area contributed by atoms with Gasteiger partial charge in [0, 0.05) is 29.4 Å². The lowest BCUT2D eigenvalue weighted by molar-refractivity contribution is -0.131. The van der Waals surface area contributed by atoms with Crippen molar-refractivity contribution in [3.05, 3.63) is 70.6 Å². The van der Waals surface area contributed by atoms with E-state index in [0.29, 0.717) is 23.3 Å². The van der Waals surface area contributed by atoms with E-state index < -0.39 is 0 Å². The molecule has 0 aliphatic carbocycles. The molecule has 0 radical (unpaired) electrons. The van der Waals surface area contributed by atoms with Gasteiger partial charge < -0.3 is 9.32 Å². The first kappa shape index (κ1) is 21.0. The summed E-state index contributed by atoms with van der Waals surface area (Å²) in [7, 11) is 0. The summed E-state index contributed by atoms with van der Waals surface area (Å²) in [5.41, 5.74) is 2.18. The maximum absolute atomic E-state index is 13.2. The Morgan fingerprint density at radius 3 is 3.00 bits per heavy atom. The molecule has 9 heteroatoms. The van der Waals surface area contributed by atoms with Gasteiger partial charge in [0.1, 0.15) is 5.76 Å². The van der Waals surface area contributed by atoms with Gasteiger partial charge in [-0.1, -0.05) is 18.7 Å². The molecule has 0 bridgehead atoms. The van der Waals surface area contributed by atoms with Crippen LogP contribution in [0.2, 0.25) is 0 Å². The maximum Gasteiger partial charge on any atom is 0.233 e. The van der Waals surface area contributed by atoms with E-state index in [2.05, 4.69) is 33.6 Å². The molecular weight excluding hydrogens is 442 g/mol. The highest BCUT2D eigenvalue weighted by molar-refractivity contribution is 7.99. The van der Waals surface area contributed by atoms with Gasteiger partial charge in [0.15, 0.2) is 11.0 Å². The predicted molar refractivity (Wildman–Crippen MR) is 125 cm³/mol. The van der Waals surface area contributed by atoms with Crippen molar-refractivity contribution in [3.8, 4) is 11.4 Å². The lowest BCUT2D eigenvalue weighted by Crippen LogP contribution is -2.40. The van der Waals surface area contributed by atoms with Crippen LogP contribution >= 0.6 is 23.1 Å². The fraction of sp³-hybridized carbons (Fsp3) is 0.304. The van der Waals surface area contributed by atoms with E-state index in [0.717, 1.165) is 30.7 Å². The molecule has 0 saturated heterocycles. The van der Waals surface area contributed by atoms with Crippen molar-refractivity contribution in [1.29, 1.82) is 0 Å². The Balaban J connectivity index is 1.36. The van der Waals surface area contributed by atoms with Crippen LogP contribution in [0.3, 0.4) is 0 Å². The largest absolute Gasteiger partial charge is 0.467 e.